The van der Waals surface area contributed by atoms with E-state index < -0.39 is 0 Å². The van der Waals surface area contributed by atoms with Gasteiger partial charge in [-0.15, -0.1) is 11.3 Å². The molecule has 1 aromatic carbocycles. The van der Waals surface area contributed by atoms with Gasteiger partial charge < -0.3 is 5.73 Å². The quantitative estimate of drug-likeness (QED) is 0.297. The SMILES string of the molecule is CCN=C(N)N(C#N)CCSc1nc2cc(Cl)ccc2s1. The van der Waals surface area contributed by atoms with Gasteiger partial charge in [0, 0.05) is 23.9 Å². The summed E-state index contributed by atoms with van der Waals surface area (Å²) in [5, 5.41) is 9.73. The van der Waals surface area contributed by atoms with E-state index in [0.717, 1.165) is 14.6 Å². The van der Waals surface area contributed by atoms with Gasteiger partial charge in [-0.3, -0.25) is 4.99 Å². The minimum Gasteiger partial charge on any atom is -0.369 e. The average molecular weight is 340 g/mol. The van der Waals surface area contributed by atoms with E-state index in [4.69, 9.17) is 22.6 Å². The van der Waals surface area contributed by atoms with Crippen LogP contribution in [-0.4, -0.2) is 34.7 Å². The molecule has 0 radical (unpaired) electrons. The summed E-state index contributed by atoms with van der Waals surface area (Å²) in [5.74, 6) is 0.970. The molecule has 0 amide bonds. The second-order valence-corrected chi connectivity index (χ2v) is 6.83. The number of hydrogen-bond donors (Lipinski definition) is 1. The van der Waals surface area contributed by atoms with Crippen molar-refractivity contribution in [2.75, 3.05) is 18.8 Å². The van der Waals surface area contributed by atoms with Gasteiger partial charge in [0.2, 0.25) is 5.96 Å². The summed E-state index contributed by atoms with van der Waals surface area (Å²) in [6.07, 6.45) is 2.04. The van der Waals surface area contributed by atoms with Gasteiger partial charge in [-0.05, 0) is 25.1 Å². The predicted octanol–water partition coefficient (Wildman–Crippen LogP) is 3.16. The van der Waals surface area contributed by atoms with E-state index in [-0.39, 0.29) is 5.96 Å². The largest absolute Gasteiger partial charge is 0.369 e. The molecule has 1 heterocycles. The standard InChI is InChI=1S/C13H14ClN5S2/c1-2-17-12(16)19(8-15)5-6-20-13-18-10-7-9(14)3-4-11(10)21-13/h3-4,7H,2,5-6H2,1H3,(H2,16,17). The first-order valence-corrected chi connectivity index (χ1v) is 8.48. The number of thioether (sulfide) groups is 1. The van der Waals surface area contributed by atoms with Crippen LogP contribution in [0.25, 0.3) is 10.2 Å². The zero-order chi connectivity index (χ0) is 15.2. The summed E-state index contributed by atoms with van der Waals surface area (Å²) in [7, 11) is 0. The van der Waals surface area contributed by atoms with Crippen molar-refractivity contribution in [3.8, 4) is 6.19 Å². The van der Waals surface area contributed by atoms with E-state index in [1.165, 1.54) is 4.90 Å². The molecular formula is C13H14ClN5S2. The number of benzene rings is 1. The van der Waals surface area contributed by atoms with Gasteiger partial charge in [0.15, 0.2) is 10.5 Å². The fourth-order valence-corrected chi connectivity index (χ4v) is 3.84. The smallest absolute Gasteiger partial charge is 0.204 e. The van der Waals surface area contributed by atoms with Crippen LogP contribution in [0.5, 0.6) is 0 Å². The highest BCUT2D eigenvalue weighted by atomic mass is 35.5. The normalized spacial score (nSPS) is 11.6. The molecule has 2 rings (SSSR count). The molecule has 0 spiro atoms. The lowest BCUT2D eigenvalue weighted by atomic mass is 10.3. The number of aliphatic imine (C=N–C) groups is 1. The number of rotatable bonds is 5. The van der Waals surface area contributed by atoms with Crippen molar-refractivity contribution in [1.82, 2.24) is 9.88 Å². The third-order valence-electron chi connectivity index (χ3n) is 2.59. The second kappa shape index (κ2) is 7.50. The Morgan fingerprint density at radius 3 is 3.14 bits per heavy atom. The van der Waals surface area contributed by atoms with E-state index in [2.05, 4.69) is 9.98 Å². The van der Waals surface area contributed by atoms with Crippen molar-refractivity contribution in [2.45, 2.75) is 11.3 Å². The summed E-state index contributed by atoms with van der Waals surface area (Å²) in [6.45, 7) is 2.95. The van der Waals surface area contributed by atoms with Crippen LogP contribution in [0.4, 0.5) is 0 Å². The van der Waals surface area contributed by atoms with Crippen molar-refractivity contribution in [1.29, 1.82) is 5.26 Å². The van der Waals surface area contributed by atoms with Crippen LogP contribution in [-0.2, 0) is 0 Å². The fraction of sp³-hybridized carbons (Fsp3) is 0.308. The molecule has 2 N–H and O–H groups in total. The van der Waals surface area contributed by atoms with Gasteiger partial charge in [0.05, 0.1) is 10.2 Å². The molecule has 0 aliphatic carbocycles. The second-order valence-electron chi connectivity index (χ2n) is 4.02. The van der Waals surface area contributed by atoms with Crippen LogP contribution in [0.1, 0.15) is 6.92 Å². The number of fused-ring (bicyclic) bond motifs is 1. The highest BCUT2D eigenvalue weighted by molar-refractivity contribution is 8.01. The monoisotopic (exact) mass is 339 g/mol. The third-order valence-corrected chi connectivity index (χ3v) is 4.98. The van der Waals surface area contributed by atoms with Gasteiger partial charge in [0.1, 0.15) is 0 Å². The molecular weight excluding hydrogens is 326 g/mol. The maximum atomic E-state index is 9.04. The minimum atomic E-state index is 0.261. The van der Waals surface area contributed by atoms with Crippen LogP contribution in [0.15, 0.2) is 27.5 Å². The Hall–Kier alpha value is -1.49. The molecule has 21 heavy (non-hydrogen) atoms. The van der Waals surface area contributed by atoms with E-state index in [9.17, 15) is 0 Å². The molecule has 0 fully saturated rings. The van der Waals surface area contributed by atoms with Crippen molar-refractivity contribution in [2.24, 2.45) is 10.7 Å². The number of aromatic nitrogens is 1. The molecule has 0 saturated heterocycles. The van der Waals surface area contributed by atoms with Crippen molar-refractivity contribution < 1.29 is 0 Å². The molecule has 0 aliphatic heterocycles. The Kier molecular flexibility index (Phi) is 5.67. The van der Waals surface area contributed by atoms with Crippen molar-refractivity contribution >= 4 is 50.9 Å². The molecule has 0 saturated carbocycles. The van der Waals surface area contributed by atoms with Gasteiger partial charge in [-0.1, -0.05) is 23.4 Å². The number of halogens is 1. The zero-order valence-electron chi connectivity index (χ0n) is 11.4. The fourth-order valence-electron chi connectivity index (χ4n) is 1.63. The summed E-state index contributed by atoms with van der Waals surface area (Å²) < 4.78 is 2.06. The Morgan fingerprint density at radius 1 is 1.62 bits per heavy atom. The van der Waals surface area contributed by atoms with Crippen molar-refractivity contribution in [3.63, 3.8) is 0 Å². The Bertz CT molecular complexity index is 691. The first-order chi connectivity index (χ1) is 10.1. The van der Waals surface area contributed by atoms with Gasteiger partial charge in [-0.25, -0.2) is 9.88 Å². The van der Waals surface area contributed by atoms with E-state index in [1.54, 1.807) is 23.1 Å². The average Bonchev–Trinajstić information content (AvgIpc) is 2.85. The molecule has 0 bridgehead atoms. The maximum absolute atomic E-state index is 9.04. The van der Waals surface area contributed by atoms with E-state index >= 15 is 0 Å². The number of thiazole rings is 1. The van der Waals surface area contributed by atoms with Gasteiger partial charge in [0.25, 0.3) is 0 Å². The highest BCUT2D eigenvalue weighted by Crippen LogP contribution is 2.30. The van der Waals surface area contributed by atoms with Crippen LogP contribution in [0.3, 0.4) is 0 Å². The maximum Gasteiger partial charge on any atom is 0.204 e. The number of guanidine groups is 1. The molecule has 110 valence electrons. The molecule has 0 atom stereocenters. The van der Waals surface area contributed by atoms with Crippen LogP contribution in [0, 0.1) is 11.5 Å². The highest BCUT2D eigenvalue weighted by Gasteiger charge is 2.09. The predicted molar refractivity (Wildman–Crippen MR) is 89.8 cm³/mol. The summed E-state index contributed by atoms with van der Waals surface area (Å²) in [6, 6.07) is 5.67. The lowest BCUT2D eigenvalue weighted by molar-refractivity contribution is 0.604. The first kappa shape index (κ1) is 15.9. The topological polar surface area (TPSA) is 78.3 Å². The summed E-state index contributed by atoms with van der Waals surface area (Å²) in [4.78, 5) is 9.93. The van der Waals surface area contributed by atoms with Crippen LogP contribution < -0.4 is 5.73 Å². The lowest BCUT2D eigenvalue weighted by Gasteiger charge is -2.13. The minimum absolute atomic E-state index is 0.261. The van der Waals surface area contributed by atoms with E-state index in [1.807, 2.05) is 31.3 Å². The zero-order valence-corrected chi connectivity index (χ0v) is 13.8. The summed E-state index contributed by atoms with van der Waals surface area (Å²) in [5.41, 5.74) is 6.61. The van der Waals surface area contributed by atoms with Crippen LogP contribution >= 0.6 is 34.7 Å². The molecule has 2 aromatic rings. The number of nitriles is 1. The summed E-state index contributed by atoms with van der Waals surface area (Å²) >= 11 is 9.15. The van der Waals surface area contributed by atoms with E-state index in [0.29, 0.717) is 23.9 Å². The molecule has 0 unspecified atom stereocenters. The van der Waals surface area contributed by atoms with Crippen molar-refractivity contribution in [3.05, 3.63) is 23.2 Å². The third kappa shape index (κ3) is 4.24. The Balaban J connectivity index is 1.95. The molecule has 8 heteroatoms. The Labute approximate surface area is 136 Å². The Morgan fingerprint density at radius 2 is 2.43 bits per heavy atom. The van der Waals surface area contributed by atoms with Crippen LogP contribution in [0.2, 0.25) is 5.02 Å². The first-order valence-electron chi connectivity index (χ1n) is 6.30. The molecule has 1 aromatic heterocycles. The lowest BCUT2D eigenvalue weighted by Crippen LogP contribution is -2.35. The van der Waals surface area contributed by atoms with Gasteiger partial charge >= 0.3 is 0 Å². The number of nitrogens with two attached hydrogens (primary N) is 1. The molecule has 0 aliphatic rings. The number of nitrogens with zero attached hydrogens (tertiary/aromatic N) is 4. The van der Waals surface area contributed by atoms with Gasteiger partial charge in [-0.2, -0.15) is 5.26 Å². The molecule has 5 nitrogen and oxygen atoms in total. The number of hydrogen-bond acceptors (Lipinski definition) is 5.